The summed E-state index contributed by atoms with van der Waals surface area (Å²) in [5.74, 6) is 0. The Morgan fingerprint density at radius 1 is 0.291 bits per heavy atom. The summed E-state index contributed by atoms with van der Waals surface area (Å²) in [6.07, 6.45) is 4.17. The number of nitrogens with zero attached hydrogens (tertiary/aromatic N) is 5. The third kappa shape index (κ3) is 5.94. The van der Waals surface area contributed by atoms with Gasteiger partial charge in [-0.15, -0.1) is 0 Å². The fraction of sp³-hybridized carbons (Fsp3) is 0. The summed E-state index contributed by atoms with van der Waals surface area (Å²) in [6.45, 7) is 0. The fourth-order valence-electron chi connectivity index (χ4n) is 7.55. The molecule has 0 bridgehead atoms. The normalized spacial score (nSPS) is 11.3. The van der Waals surface area contributed by atoms with Gasteiger partial charge in [0, 0.05) is 51.7 Å². The summed E-state index contributed by atoms with van der Waals surface area (Å²) in [6, 6.07) is 70.1. The van der Waals surface area contributed by atoms with Crippen LogP contribution in [0.15, 0.2) is 213 Å². The molecule has 0 radical (unpaired) electrons. The zero-order chi connectivity index (χ0) is 36.6. The number of para-hydroxylation sites is 1. The summed E-state index contributed by atoms with van der Waals surface area (Å²) in [5, 5.41) is 0. The van der Waals surface area contributed by atoms with Gasteiger partial charge in [-0.05, 0) is 71.8 Å². The molecule has 0 aliphatic rings. The van der Waals surface area contributed by atoms with Gasteiger partial charge >= 0.3 is 0 Å². The highest BCUT2D eigenvalue weighted by molar-refractivity contribution is 5.86. The molecule has 55 heavy (non-hydrogen) atoms. The SMILES string of the molecule is c1ccc(-c2nc3ccccn3c2-c2ccc(N(c3ccccc3)c3ccc(-c4ccc(-c5nc6ccccn6c5-c5ccccc5)cc4)cc3)cc2)cc1. The van der Waals surface area contributed by atoms with Gasteiger partial charge in [0.2, 0.25) is 0 Å². The van der Waals surface area contributed by atoms with Crippen molar-refractivity contribution in [2.75, 3.05) is 4.90 Å². The maximum atomic E-state index is 5.05. The van der Waals surface area contributed by atoms with E-state index in [1.165, 1.54) is 0 Å². The smallest absolute Gasteiger partial charge is 0.137 e. The van der Waals surface area contributed by atoms with E-state index < -0.39 is 0 Å². The van der Waals surface area contributed by atoms with Gasteiger partial charge in [0.15, 0.2) is 0 Å². The lowest BCUT2D eigenvalue weighted by Crippen LogP contribution is -2.09. The van der Waals surface area contributed by atoms with E-state index in [9.17, 15) is 0 Å². The van der Waals surface area contributed by atoms with Gasteiger partial charge in [0.05, 0.1) is 22.8 Å². The van der Waals surface area contributed by atoms with E-state index >= 15 is 0 Å². The third-order valence-electron chi connectivity index (χ3n) is 10.2. The Balaban J connectivity index is 0.978. The minimum absolute atomic E-state index is 0.924. The van der Waals surface area contributed by atoms with E-state index in [2.05, 4.69) is 202 Å². The molecule has 0 N–H and O–H groups in total. The molecule has 4 heterocycles. The summed E-state index contributed by atoms with van der Waals surface area (Å²) < 4.78 is 4.35. The molecular formula is C50H35N5. The molecule has 260 valence electrons. The summed E-state index contributed by atoms with van der Waals surface area (Å²) in [5.41, 5.74) is 15.9. The molecule has 0 saturated heterocycles. The second-order valence-corrected chi connectivity index (χ2v) is 13.5. The molecule has 0 aliphatic carbocycles. The Kier molecular flexibility index (Phi) is 8.08. The molecule has 0 fully saturated rings. The van der Waals surface area contributed by atoms with Crippen LogP contribution in [0, 0.1) is 0 Å². The van der Waals surface area contributed by atoms with Gasteiger partial charge in [-0.3, -0.25) is 8.80 Å². The van der Waals surface area contributed by atoms with Crippen molar-refractivity contribution < 1.29 is 0 Å². The fourth-order valence-corrected chi connectivity index (χ4v) is 7.55. The molecule has 0 aliphatic heterocycles. The second-order valence-electron chi connectivity index (χ2n) is 13.5. The van der Waals surface area contributed by atoms with E-state index in [1.54, 1.807) is 0 Å². The lowest BCUT2D eigenvalue weighted by Gasteiger charge is -2.26. The molecule has 0 saturated carbocycles. The average Bonchev–Trinajstić information content (AvgIpc) is 3.85. The van der Waals surface area contributed by atoms with Crippen LogP contribution in [0.5, 0.6) is 0 Å². The minimum Gasteiger partial charge on any atom is -0.311 e. The van der Waals surface area contributed by atoms with Gasteiger partial charge in [0.25, 0.3) is 0 Å². The molecule has 10 rings (SSSR count). The number of rotatable bonds is 8. The average molecular weight is 706 g/mol. The van der Waals surface area contributed by atoms with Crippen LogP contribution in [0.2, 0.25) is 0 Å². The Bertz CT molecular complexity index is 2880. The van der Waals surface area contributed by atoms with Crippen molar-refractivity contribution in [2.24, 2.45) is 0 Å². The van der Waals surface area contributed by atoms with E-state index in [0.717, 1.165) is 84.5 Å². The Morgan fingerprint density at radius 3 is 1.15 bits per heavy atom. The Hall–Kier alpha value is -7.50. The van der Waals surface area contributed by atoms with Crippen molar-refractivity contribution >= 4 is 28.4 Å². The number of aromatic nitrogens is 4. The number of hydrogen-bond acceptors (Lipinski definition) is 3. The topological polar surface area (TPSA) is 37.8 Å². The Labute approximate surface area is 319 Å². The van der Waals surface area contributed by atoms with Gasteiger partial charge in [0.1, 0.15) is 11.3 Å². The van der Waals surface area contributed by atoms with Gasteiger partial charge in [-0.2, -0.15) is 0 Å². The van der Waals surface area contributed by atoms with Crippen LogP contribution in [-0.4, -0.2) is 18.8 Å². The predicted molar refractivity (Wildman–Crippen MR) is 226 cm³/mol. The molecule has 0 unspecified atom stereocenters. The predicted octanol–water partition coefficient (Wildman–Crippen LogP) is 12.8. The largest absolute Gasteiger partial charge is 0.311 e. The first-order valence-corrected chi connectivity index (χ1v) is 18.5. The molecule has 5 nitrogen and oxygen atoms in total. The molecule has 6 aromatic carbocycles. The monoisotopic (exact) mass is 705 g/mol. The van der Waals surface area contributed by atoms with Crippen LogP contribution in [0.3, 0.4) is 0 Å². The number of anilines is 3. The van der Waals surface area contributed by atoms with E-state index in [-0.39, 0.29) is 0 Å². The van der Waals surface area contributed by atoms with Crippen LogP contribution >= 0.6 is 0 Å². The molecule has 10 aromatic rings. The molecule has 4 aromatic heterocycles. The molecule has 0 amide bonds. The number of benzene rings is 6. The highest BCUT2D eigenvalue weighted by atomic mass is 15.1. The zero-order valence-corrected chi connectivity index (χ0v) is 29.9. The molecule has 0 spiro atoms. The van der Waals surface area contributed by atoms with Crippen LogP contribution in [0.25, 0.3) is 67.5 Å². The lowest BCUT2D eigenvalue weighted by atomic mass is 10.00. The van der Waals surface area contributed by atoms with Gasteiger partial charge in [-0.1, -0.05) is 140 Å². The van der Waals surface area contributed by atoms with Gasteiger partial charge < -0.3 is 4.90 Å². The minimum atomic E-state index is 0.924. The molecular weight excluding hydrogens is 671 g/mol. The quantitative estimate of drug-likeness (QED) is 0.158. The molecule has 0 atom stereocenters. The van der Waals surface area contributed by atoms with Crippen molar-refractivity contribution in [3.63, 3.8) is 0 Å². The highest BCUT2D eigenvalue weighted by Gasteiger charge is 2.19. The summed E-state index contributed by atoms with van der Waals surface area (Å²) in [7, 11) is 0. The second kappa shape index (κ2) is 13.8. The standard InChI is InChI=1S/C50H35N5/c1-4-14-38(15-5-1)47-50(54-35-13-11-20-45(54)51-47)41-28-32-44(33-29-41)55(42-18-8-3-9-19-42)43-30-26-37(27-31-43)36-22-24-39(25-23-36)48-49(40-16-6-2-7-17-40)53-34-12-10-21-46(53)52-48/h1-35H. The number of imidazole rings is 2. The first-order valence-electron chi connectivity index (χ1n) is 18.5. The third-order valence-corrected chi connectivity index (χ3v) is 10.2. The maximum absolute atomic E-state index is 5.05. The van der Waals surface area contributed by atoms with Crippen molar-refractivity contribution in [2.45, 2.75) is 0 Å². The van der Waals surface area contributed by atoms with E-state index in [4.69, 9.17) is 9.97 Å². The van der Waals surface area contributed by atoms with Crippen LogP contribution in [0.4, 0.5) is 17.1 Å². The number of hydrogen-bond donors (Lipinski definition) is 0. The van der Waals surface area contributed by atoms with Gasteiger partial charge in [-0.25, -0.2) is 9.97 Å². The summed E-state index contributed by atoms with van der Waals surface area (Å²) in [4.78, 5) is 12.4. The van der Waals surface area contributed by atoms with Crippen LogP contribution in [0.1, 0.15) is 0 Å². The first-order chi connectivity index (χ1) is 27.3. The number of pyridine rings is 2. The van der Waals surface area contributed by atoms with Crippen molar-refractivity contribution in [1.29, 1.82) is 0 Å². The maximum Gasteiger partial charge on any atom is 0.137 e. The highest BCUT2D eigenvalue weighted by Crippen LogP contribution is 2.39. The van der Waals surface area contributed by atoms with E-state index in [0.29, 0.717) is 0 Å². The lowest BCUT2D eigenvalue weighted by molar-refractivity contribution is 1.19. The molecule has 5 heteroatoms. The van der Waals surface area contributed by atoms with Crippen molar-refractivity contribution in [3.8, 4) is 56.2 Å². The van der Waals surface area contributed by atoms with Crippen LogP contribution in [-0.2, 0) is 0 Å². The Morgan fingerprint density at radius 2 is 0.636 bits per heavy atom. The van der Waals surface area contributed by atoms with Crippen LogP contribution < -0.4 is 4.90 Å². The van der Waals surface area contributed by atoms with Crippen molar-refractivity contribution in [1.82, 2.24) is 18.8 Å². The zero-order valence-electron chi connectivity index (χ0n) is 29.9. The first kappa shape index (κ1) is 32.2. The van der Waals surface area contributed by atoms with E-state index in [1.807, 2.05) is 24.3 Å². The van der Waals surface area contributed by atoms with Crippen molar-refractivity contribution in [3.05, 3.63) is 213 Å². The number of fused-ring (bicyclic) bond motifs is 2. The summed E-state index contributed by atoms with van der Waals surface area (Å²) >= 11 is 0.